The minimum atomic E-state index is 0.702. The number of hydrogen-bond acceptors (Lipinski definition) is 4. The Labute approximate surface area is 138 Å². The Hall–Kier alpha value is -0.740. The lowest BCUT2D eigenvalue weighted by atomic mass is 10.1. The smallest absolute Gasteiger partial charge is 0.0513 e. The molecule has 0 aliphatic rings. The molecule has 0 aliphatic carbocycles. The summed E-state index contributed by atoms with van der Waals surface area (Å²) in [6.45, 7) is 18.9. The lowest BCUT2D eigenvalue weighted by Crippen LogP contribution is -2.30. The summed E-state index contributed by atoms with van der Waals surface area (Å²) in [4.78, 5) is 9.14. The van der Waals surface area contributed by atoms with Gasteiger partial charge in [0.05, 0.1) is 13.1 Å². The molecular weight excluding hydrogens is 272 g/mol. The molecule has 0 heterocycles. The third kappa shape index (κ3) is 15.6. The van der Waals surface area contributed by atoms with E-state index in [0.29, 0.717) is 11.8 Å². The van der Waals surface area contributed by atoms with E-state index in [1.54, 1.807) is 0 Å². The molecule has 0 aromatic carbocycles. The minimum Gasteiger partial charge on any atom is -0.314 e. The van der Waals surface area contributed by atoms with Crippen molar-refractivity contribution in [2.24, 2.45) is 21.8 Å². The van der Waals surface area contributed by atoms with Crippen molar-refractivity contribution >= 4 is 11.4 Å². The molecule has 22 heavy (non-hydrogen) atoms. The molecule has 0 bridgehead atoms. The Kier molecular flexibility index (Phi) is 13.4. The van der Waals surface area contributed by atoms with Crippen molar-refractivity contribution in [1.29, 1.82) is 0 Å². The first-order valence-electron chi connectivity index (χ1n) is 8.83. The van der Waals surface area contributed by atoms with Crippen molar-refractivity contribution in [3.8, 4) is 0 Å². The first-order valence-corrected chi connectivity index (χ1v) is 8.83. The fourth-order valence-electron chi connectivity index (χ4n) is 2.39. The van der Waals surface area contributed by atoms with Crippen LogP contribution in [0.4, 0.5) is 0 Å². The van der Waals surface area contributed by atoms with Crippen LogP contribution in [0.5, 0.6) is 0 Å². The van der Waals surface area contributed by atoms with Crippen LogP contribution < -0.4 is 10.6 Å². The predicted octanol–water partition coefficient (Wildman–Crippen LogP) is 3.18. The highest BCUT2D eigenvalue weighted by atomic mass is 15.0. The molecule has 0 fully saturated rings. The summed E-state index contributed by atoms with van der Waals surface area (Å²) in [7, 11) is 0. The van der Waals surface area contributed by atoms with Gasteiger partial charge in [0.25, 0.3) is 0 Å². The van der Waals surface area contributed by atoms with E-state index in [1.807, 2.05) is 0 Å². The molecule has 0 aliphatic heterocycles. The van der Waals surface area contributed by atoms with E-state index in [1.165, 1.54) is 11.4 Å². The van der Waals surface area contributed by atoms with Gasteiger partial charge in [0.15, 0.2) is 0 Å². The second-order valence-corrected chi connectivity index (χ2v) is 6.93. The van der Waals surface area contributed by atoms with Crippen molar-refractivity contribution in [3.05, 3.63) is 0 Å². The van der Waals surface area contributed by atoms with Gasteiger partial charge >= 0.3 is 0 Å². The Morgan fingerprint density at radius 3 is 1.36 bits per heavy atom. The predicted molar refractivity (Wildman–Crippen MR) is 101 cm³/mol. The van der Waals surface area contributed by atoms with Crippen molar-refractivity contribution in [2.45, 2.75) is 54.4 Å². The summed E-state index contributed by atoms with van der Waals surface area (Å²) in [6, 6.07) is 0. The normalized spacial score (nSPS) is 13.5. The van der Waals surface area contributed by atoms with Gasteiger partial charge < -0.3 is 10.6 Å². The molecular formula is C18H38N4. The SMILES string of the molecule is CC(CC(C)C)=NCCNCCNCCN=C(C)CC(C)C. The van der Waals surface area contributed by atoms with Gasteiger partial charge in [-0.2, -0.15) is 0 Å². The molecule has 4 nitrogen and oxygen atoms in total. The van der Waals surface area contributed by atoms with Gasteiger partial charge in [-0.25, -0.2) is 0 Å². The Balaban J connectivity index is 3.41. The van der Waals surface area contributed by atoms with Crippen molar-refractivity contribution in [1.82, 2.24) is 10.6 Å². The van der Waals surface area contributed by atoms with Crippen LogP contribution in [0, 0.1) is 11.8 Å². The topological polar surface area (TPSA) is 48.8 Å². The first kappa shape index (κ1) is 21.3. The molecule has 0 radical (unpaired) electrons. The zero-order valence-electron chi connectivity index (χ0n) is 15.7. The molecule has 0 aromatic rings. The van der Waals surface area contributed by atoms with Gasteiger partial charge in [-0.1, -0.05) is 27.7 Å². The highest BCUT2D eigenvalue weighted by Crippen LogP contribution is 2.01. The maximum Gasteiger partial charge on any atom is 0.0513 e. The minimum absolute atomic E-state index is 0.702. The quantitative estimate of drug-likeness (QED) is 0.405. The molecule has 0 saturated heterocycles. The zero-order valence-corrected chi connectivity index (χ0v) is 15.7. The van der Waals surface area contributed by atoms with Crippen LogP contribution in [0.15, 0.2) is 9.98 Å². The van der Waals surface area contributed by atoms with Crippen molar-refractivity contribution in [2.75, 3.05) is 39.3 Å². The summed E-state index contributed by atoms with van der Waals surface area (Å²) in [5, 5.41) is 6.83. The number of nitrogens with zero attached hydrogens (tertiary/aromatic N) is 2. The fraction of sp³-hybridized carbons (Fsp3) is 0.889. The number of rotatable bonds is 13. The summed E-state index contributed by atoms with van der Waals surface area (Å²) < 4.78 is 0. The van der Waals surface area contributed by atoms with E-state index in [0.717, 1.165) is 52.1 Å². The molecule has 0 amide bonds. The van der Waals surface area contributed by atoms with Gasteiger partial charge in [-0.15, -0.1) is 0 Å². The largest absolute Gasteiger partial charge is 0.314 e. The lowest BCUT2D eigenvalue weighted by molar-refractivity contribution is 0.616. The van der Waals surface area contributed by atoms with Crippen molar-refractivity contribution in [3.63, 3.8) is 0 Å². The molecule has 130 valence electrons. The van der Waals surface area contributed by atoms with Crippen LogP contribution in [-0.4, -0.2) is 50.7 Å². The summed E-state index contributed by atoms with van der Waals surface area (Å²) in [5.41, 5.74) is 2.54. The highest BCUT2D eigenvalue weighted by Gasteiger charge is 1.97. The summed E-state index contributed by atoms with van der Waals surface area (Å²) in [6.07, 6.45) is 2.22. The first-order chi connectivity index (χ1) is 10.4. The molecule has 0 unspecified atom stereocenters. The third-order valence-corrected chi connectivity index (χ3v) is 3.23. The van der Waals surface area contributed by atoms with E-state index in [9.17, 15) is 0 Å². The zero-order chi connectivity index (χ0) is 16.8. The molecule has 0 aromatic heterocycles. The van der Waals surface area contributed by atoms with Crippen LogP contribution in [0.25, 0.3) is 0 Å². The molecule has 4 heteroatoms. The average Bonchev–Trinajstić information content (AvgIpc) is 2.39. The van der Waals surface area contributed by atoms with E-state index >= 15 is 0 Å². The number of hydrogen-bond donors (Lipinski definition) is 2. The maximum absolute atomic E-state index is 4.57. The molecule has 0 spiro atoms. The van der Waals surface area contributed by atoms with E-state index < -0.39 is 0 Å². The fourth-order valence-corrected chi connectivity index (χ4v) is 2.39. The molecule has 0 saturated carbocycles. The average molecular weight is 311 g/mol. The van der Waals surface area contributed by atoms with Crippen LogP contribution in [0.1, 0.15) is 54.4 Å². The van der Waals surface area contributed by atoms with Crippen LogP contribution in [-0.2, 0) is 0 Å². The molecule has 2 N–H and O–H groups in total. The Morgan fingerprint density at radius 2 is 1.05 bits per heavy atom. The molecule has 0 rings (SSSR count). The Morgan fingerprint density at radius 1 is 0.682 bits per heavy atom. The van der Waals surface area contributed by atoms with Gasteiger partial charge in [0.1, 0.15) is 0 Å². The van der Waals surface area contributed by atoms with Crippen molar-refractivity contribution < 1.29 is 0 Å². The number of nitrogens with one attached hydrogen (secondary N) is 2. The van der Waals surface area contributed by atoms with E-state index in [-0.39, 0.29) is 0 Å². The third-order valence-electron chi connectivity index (χ3n) is 3.23. The van der Waals surface area contributed by atoms with E-state index in [2.05, 4.69) is 62.2 Å². The van der Waals surface area contributed by atoms with Gasteiger partial charge in [0, 0.05) is 37.6 Å². The standard InChI is InChI=1S/C18H38N4/c1-15(2)13-17(5)21-11-9-19-7-8-20-10-12-22-18(6)14-16(3)4/h15-16,19-20H,7-14H2,1-6H3. The van der Waals surface area contributed by atoms with Crippen LogP contribution >= 0.6 is 0 Å². The summed E-state index contributed by atoms with van der Waals surface area (Å²) >= 11 is 0. The van der Waals surface area contributed by atoms with E-state index in [4.69, 9.17) is 0 Å². The van der Waals surface area contributed by atoms with Crippen LogP contribution in [0.2, 0.25) is 0 Å². The lowest BCUT2D eigenvalue weighted by Gasteiger charge is -2.07. The molecule has 0 atom stereocenters. The Bertz CT molecular complexity index is 287. The second kappa shape index (κ2) is 13.9. The van der Waals surface area contributed by atoms with Crippen LogP contribution in [0.3, 0.4) is 0 Å². The summed E-state index contributed by atoms with van der Waals surface area (Å²) in [5.74, 6) is 1.40. The number of aliphatic imine (C=N–C) groups is 2. The maximum atomic E-state index is 4.57. The second-order valence-electron chi connectivity index (χ2n) is 6.93. The highest BCUT2D eigenvalue weighted by molar-refractivity contribution is 5.82. The van der Waals surface area contributed by atoms with Gasteiger partial charge in [-0.3, -0.25) is 9.98 Å². The van der Waals surface area contributed by atoms with Gasteiger partial charge in [0.2, 0.25) is 0 Å². The van der Waals surface area contributed by atoms with Gasteiger partial charge in [-0.05, 0) is 38.5 Å². The monoisotopic (exact) mass is 310 g/mol.